The molecule has 6 heteroatoms. The first kappa shape index (κ1) is 18.4. The molecule has 0 bridgehead atoms. The van der Waals surface area contributed by atoms with Crippen molar-refractivity contribution >= 4 is 11.2 Å². The third-order valence-corrected chi connectivity index (χ3v) is 5.77. The largest absolute Gasteiger partial charge is 0.611 e. The van der Waals surface area contributed by atoms with Crippen LogP contribution in [-0.2, 0) is 11.2 Å². The first-order valence-corrected chi connectivity index (χ1v) is 10.2. The number of benzene rings is 2. The molecule has 0 fully saturated rings. The van der Waals surface area contributed by atoms with Crippen molar-refractivity contribution in [2.45, 2.75) is 11.8 Å². The van der Waals surface area contributed by atoms with Gasteiger partial charge in [0.2, 0.25) is 0 Å². The summed E-state index contributed by atoms with van der Waals surface area (Å²) in [5, 5.41) is 0. The van der Waals surface area contributed by atoms with Crippen molar-refractivity contribution in [3.8, 4) is 33.9 Å². The number of imidazole rings is 1. The molecule has 0 spiro atoms. The van der Waals surface area contributed by atoms with Gasteiger partial charge in [0.05, 0.1) is 11.4 Å². The molecular formula is C22H18FN3OS. The Bertz CT molecular complexity index is 1060. The van der Waals surface area contributed by atoms with E-state index in [0.29, 0.717) is 11.6 Å². The Morgan fingerprint density at radius 1 is 0.893 bits per heavy atom. The normalized spacial score (nSPS) is 12.1. The zero-order chi connectivity index (χ0) is 19.5. The predicted octanol–water partition coefficient (Wildman–Crippen LogP) is 5.07. The molecule has 0 aliphatic heterocycles. The zero-order valence-corrected chi connectivity index (χ0v) is 16.0. The fraction of sp³-hybridized carbons (Fsp3) is 0.0909. The molecule has 0 aliphatic carbocycles. The van der Waals surface area contributed by atoms with E-state index >= 15 is 0 Å². The van der Waals surface area contributed by atoms with Gasteiger partial charge in [-0.15, -0.1) is 0 Å². The van der Waals surface area contributed by atoms with E-state index in [1.165, 1.54) is 12.1 Å². The molecule has 2 aromatic heterocycles. The lowest BCUT2D eigenvalue weighted by molar-refractivity contribution is 0.596. The summed E-state index contributed by atoms with van der Waals surface area (Å²) in [6.45, 7) is 1.90. The van der Waals surface area contributed by atoms with Crippen molar-refractivity contribution in [2.24, 2.45) is 0 Å². The van der Waals surface area contributed by atoms with Gasteiger partial charge in [0.15, 0.2) is 4.90 Å². The number of nitrogens with one attached hydrogen (secondary N) is 1. The number of halogens is 1. The topological polar surface area (TPSA) is 64.6 Å². The third-order valence-electron chi connectivity index (χ3n) is 4.44. The molecule has 1 unspecified atom stereocenters. The van der Waals surface area contributed by atoms with Gasteiger partial charge in [-0.25, -0.2) is 9.37 Å². The minimum absolute atomic E-state index is 0.288. The van der Waals surface area contributed by atoms with Gasteiger partial charge in [-0.2, -0.15) is 0 Å². The van der Waals surface area contributed by atoms with Crippen molar-refractivity contribution < 1.29 is 8.94 Å². The van der Waals surface area contributed by atoms with E-state index in [4.69, 9.17) is 4.98 Å². The summed E-state index contributed by atoms with van der Waals surface area (Å²) in [6, 6.07) is 17.6. The molecule has 0 radical (unpaired) electrons. The summed E-state index contributed by atoms with van der Waals surface area (Å²) >= 11 is -0.989. The maximum atomic E-state index is 13.4. The summed E-state index contributed by atoms with van der Waals surface area (Å²) in [5.41, 5.74) is 4.23. The number of nitrogens with zero attached hydrogens (tertiary/aromatic N) is 2. The van der Waals surface area contributed by atoms with E-state index in [0.717, 1.165) is 33.0 Å². The van der Waals surface area contributed by atoms with Crippen molar-refractivity contribution in [1.29, 1.82) is 0 Å². The van der Waals surface area contributed by atoms with Crippen LogP contribution in [0.1, 0.15) is 6.92 Å². The van der Waals surface area contributed by atoms with Crippen LogP contribution < -0.4 is 0 Å². The van der Waals surface area contributed by atoms with Crippen LogP contribution in [0.4, 0.5) is 4.39 Å². The smallest absolute Gasteiger partial charge is 0.152 e. The van der Waals surface area contributed by atoms with Crippen LogP contribution >= 0.6 is 0 Å². The second kappa shape index (κ2) is 7.96. The van der Waals surface area contributed by atoms with Crippen LogP contribution in [0.15, 0.2) is 78.0 Å². The lowest BCUT2D eigenvalue weighted by atomic mass is 10.1. The number of rotatable bonds is 5. The molecule has 2 heterocycles. The molecule has 1 N–H and O–H groups in total. The average molecular weight is 391 g/mol. The standard InChI is InChI=1S/C22H18FN3OS/c1-2-28(27)19-9-5-17(6-10-19)22-25-20(15-3-7-18(23)8-4-15)21(26-22)16-11-13-24-14-12-16/h3-14H,2H2,1H3,(H,25,26). The Labute approximate surface area is 165 Å². The average Bonchev–Trinajstić information content (AvgIpc) is 3.20. The van der Waals surface area contributed by atoms with Crippen molar-refractivity contribution in [1.82, 2.24) is 15.0 Å². The molecule has 140 valence electrons. The highest BCUT2D eigenvalue weighted by Gasteiger charge is 2.16. The van der Waals surface area contributed by atoms with E-state index < -0.39 is 11.2 Å². The Kier molecular flexibility index (Phi) is 5.23. The molecule has 0 saturated heterocycles. The van der Waals surface area contributed by atoms with E-state index in [1.54, 1.807) is 24.5 Å². The van der Waals surface area contributed by atoms with Crippen LogP contribution in [0.5, 0.6) is 0 Å². The number of hydrogen-bond donors (Lipinski definition) is 1. The summed E-state index contributed by atoms with van der Waals surface area (Å²) in [5.74, 6) is 0.991. The van der Waals surface area contributed by atoms with E-state index in [2.05, 4.69) is 9.97 Å². The number of H-pyrrole nitrogens is 1. The fourth-order valence-corrected chi connectivity index (χ4v) is 3.76. The van der Waals surface area contributed by atoms with Crippen molar-refractivity contribution in [3.63, 3.8) is 0 Å². The highest BCUT2D eigenvalue weighted by Crippen LogP contribution is 2.33. The first-order valence-electron chi connectivity index (χ1n) is 8.91. The predicted molar refractivity (Wildman–Crippen MR) is 110 cm³/mol. The molecular weight excluding hydrogens is 373 g/mol. The van der Waals surface area contributed by atoms with Gasteiger partial charge in [0, 0.05) is 29.1 Å². The quantitative estimate of drug-likeness (QED) is 0.483. The monoisotopic (exact) mass is 391 g/mol. The Morgan fingerprint density at radius 3 is 2.18 bits per heavy atom. The maximum absolute atomic E-state index is 13.4. The fourth-order valence-electron chi connectivity index (χ4n) is 2.99. The minimum Gasteiger partial charge on any atom is -0.611 e. The number of hydrogen-bond acceptors (Lipinski definition) is 3. The molecule has 0 amide bonds. The van der Waals surface area contributed by atoms with Crippen LogP contribution in [0.3, 0.4) is 0 Å². The third kappa shape index (κ3) is 3.69. The number of aromatic amines is 1. The maximum Gasteiger partial charge on any atom is 0.152 e. The number of aromatic nitrogens is 3. The van der Waals surface area contributed by atoms with Gasteiger partial charge in [0.1, 0.15) is 17.4 Å². The molecule has 28 heavy (non-hydrogen) atoms. The SMILES string of the molecule is CC[S+]([O-])c1ccc(-c2nc(-c3ccc(F)cc3)c(-c3ccncc3)[nH]2)cc1. The lowest BCUT2D eigenvalue weighted by Crippen LogP contribution is -2.03. The van der Waals surface area contributed by atoms with Gasteiger partial charge in [-0.1, -0.05) is 0 Å². The Balaban J connectivity index is 1.80. The van der Waals surface area contributed by atoms with Gasteiger partial charge < -0.3 is 9.54 Å². The van der Waals surface area contributed by atoms with Gasteiger partial charge in [-0.3, -0.25) is 4.98 Å². The van der Waals surface area contributed by atoms with E-state index in [1.807, 2.05) is 43.3 Å². The summed E-state index contributed by atoms with van der Waals surface area (Å²) in [6.07, 6.45) is 3.44. The van der Waals surface area contributed by atoms with Crippen LogP contribution in [0.25, 0.3) is 33.9 Å². The molecule has 0 aliphatic rings. The lowest BCUT2D eigenvalue weighted by Gasteiger charge is -2.07. The molecule has 1 atom stereocenters. The highest BCUT2D eigenvalue weighted by atomic mass is 32.2. The second-order valence-electron chi connectivity index (χ2n) is 6.21. The Hall–Kier alpha value is -2.96. The molecule has 4 rings (SSSR count). The summed E-state index contributed by atoms with van der Waals surface area (Å²) in [4.78, 5) is 13.0. The van der Waals surface area contributed by atoms with Gasteiger partial charge in [0.25, 0.3) is 0 Å². The molecule has 0 saturated carbocycles. The first-order chi connectivity index (χ1) is 13.7. The van der Waals surface area contributed by atoms with E-state index in [-0.39, 0.29) is 5.82 Å². The highest BCUT2D eigenvalue weighted by molar-refractivity contribution is 7.91. The number of pyridine rings is 1. The summed E-state index contributed by atoms with van der Waals surface area (Å²) in [7, 11) is 0. The van der Waals surface area contributed by atoms with Crippen molar-refractivity contribution in [2.75, 3.05) is 5.75 Å². The second-order valence-corrected chi connectivity index (χ2v) is 7.95. The van der Waals surface area contributed by atoms with Gasteiger partial charge >= 0.3 is 0 Å². The zero-order valence-electron chi connectivity index (χ0n) is 15.2. The van der Waals surface area contributed by atoms with Crippen molar-refractivity contribution in [3.05, 3.63) is 78.9 Å². The van der Waals surface area contributed by atoms with Gasteiger partial charge in [-0.05, 0) is 78.8 Å². The Morgan fingerprint density at radius 2 is 1.54 bits per heavy atom. The molecule has 4 aromatic rings. The molecule has 2 aromatic carbocycles. The van der Waals surface area contributed by atoms with Crippen LogP contribution in [-0.4, -0.2) is 25.3 Å². The van der Waals surface area contributed by atoms with E-state index in [9.17, 15) is 8.94 Å². The molecule has 4 nitrogen and oxygen atoms in total. The minimum atomic E-state index is -0.989. The summed E-state index contributed by atoms with van der Waals surface area (Å²) < 4.78 is 25.3. The van der Waals surface area contributed by atoms with Crippen LogP contribution in [0.2, 0.25) is 0 Å². The van der Waals surface area contributed by atoms with Crippen LogP contribution in [0, 0.1) is 5.82 Å².